The second-order valence-electron chi connectivity index (χ2n) is 7.85. The fourth-order valence-electron chi connectivity index (χ4n) is 5.01. The maximum atomic E-state index is 8.54. The van der Waals surface area contributed by atoms with Crippen LogP contribution < -0.4 is 10.6 Å². The van der Waals surface area contributed by atoms with E-state index in [1.165, 1.54) is 43.8 Å². The molecule has 0 radical (unpaired) electrons. The lowest BCUT2D eigenvalue weighted by Gasteiger charge is -2.15. The topological polar surface area (TPSA) is 47.9 Å². The monoisotopic (exact) mass is 443 g/mol. The molecule has 3 nitrogen and oxygen atoms in total. The zero-order chi connectivity index (χ0) is 18.7. The number of guanidine groups is 1. The van der Waals surface area contributed by atoms with Gasteiger partial charge in [-0.05, 0) is 70.8 Å². The first-order valence-electron chi connectivity index (χ1n) is 9.97. The van der Waals surface area contributed by atoms with Gasteiger partial charge >= 0.3 is 0 Å². The minimum absolute atomic E-state index is 0. The van der Waals surface area contributed by atoms with E-state index in [0.29, 0.717) is 5.96 Å². The number of nitrogens with one attached hydrogen (secondary N) is 3. The Kier molecular flexibility index (Phi) is 4.32. The molecular weight excluding hydrogens is 422 g/mol. The molecule has 0 spiro atoms. The minimum Gasteiger partial charge on any atom is -0.326 e. The molecule has 6 rings (SSSR count). The second-order valence-corrected chi connectivity index (χ2v) is 7.85. The van der Waals surface area contributed by atoms with Crippen molar-refractivity contribution in [3.05, 3.63) is 82.9 Å². The van der Waals surface area contributed by atoms with E-state index in [-0.39, 0.29) is 17.0 Å². The molecule has 3 N–H and O–H groups in total. The van der Waals surface area contributed by atoms with Gasteiger partial charge in [0.15, 0.2) is 5.96 Å². The van der Waals surface area contributed by atoms with Gasteiger partial charge in [-0.15, -0.1) is 17.0 Å². The van der Waals surface area contributed by atoms with Crippen LogP contribution in [0.4, 0.5) is 11.4 Å². The van der Waals surface area contributed by atoms with Gasteiger partial charge in [-0.1, -0.05) is 48.5 Å². The van der Waals surface area contributed by atoms with Crippen LogP contribution in [0.25, 0.3) is 21.5 Å². The first-order chi connectivity index (χ1) is 13.8. The van der Waals surface area contributed by atoms with Crippen molar-refractivity contribution in [3.63, 3.8) is 0 Å². The average Bonchev–Trinajstić information content (AvgIpc) is 3.33. The van der Waals surface area contributed by atoms with E-state index in [1.807, 2.05) is 0 Å². The standard InChI is InChI=1S/C25H21N3.BrH/c26-25(27-21-13-11-17-9-7-15-3-1-5-19(21)23(15)17)28-22-14-12-18-10-8-16-4-2-6-20(22)24(16)18;/h1-6,11-14H,7-10H2,(H3,26,27,28);1H. The van der Waals surface area contributed by atoms with Gasteiger partial charge < -0.3 is 10.6 Å². The molecule has 2 aliphatic carbocycles. The highest BCUT2D eigenvalue weighted by molar-refractivity contribution is 8.93. The van der Waals surface area contributed by atoms with Crippen LogP contribution in [-0.4, -0.2) is 5.96 Å². The first-order valence-corrected chi connectivity index (χ1v) is 9.97. The average molecular weight is 444 g/mol. The number of aryl methyl sites for hydroxylation is 4. The van der Waals surface area contributed by atoms with Crippen LogP contribution in [0.15, 0.2) is 60.7 Å². The molecule has 0 saturated heterocycles. The predicted octanol–water partition coefficient (Wildman–Crippen LogP) is 6.23. The highest BCUT2D eigenvalue weighted by Gasteiger charge is 2.18. The zero-order valence-corrected chi connectivity index (χ0v) is 17.7. The lowest BCUT2D eigenvalue weighted by molar-refractivity contribution is 1.02. The van der Waals surface area contributed by atoms with Crippen LogP contribution >= 0.6 is 17.0 Å². The van der Waals surface area contributed by atoms with Crippen molar-refractivity contribution >= 4 is 55.9 Å². The quantitative estimate of drug-likeness (QED) is 0.254. The third-order valence-electron chi connectivity index (χ3n) is 6.27. The summed E-state index contributed by atoms with van der Waals surface area (Å²) in [7, 11) is 0. The summed E-state index contributed by atoms with van der Waals surface area (Å²) in [6, 6.07) is 21.6. The highest BCUT2D eigenvalue weighted by atomic mass is 79.9. The Bertz CT molecular complexity index is 1170. The largest absolute Gasteiger partial charge is 0.326 e. The number of hydrogen-bond acceptors (Lipinski definition) is 1. The van der Waals surface area contributed by atoms with Crippen LogP contribution in [-0.2, 0) is 25.7 Å². The number of hydrogen-bond donors (Lipinski definition) is 3. The summed E-state index contributed by atoms with van der Waals surface area (Å²) in [5.41, 5.74) is 7.66. The summed E-state index contributed by atoms with van der Waals surface area (Å²) in [6.45, 7) is 0. The normalized spacial score (nSPS) is 13.5. The van der Waals surface area contributed by atoms with Crippen molar-refractivity contribution in [3.8, 4) is 0 Å². The molecule has 29 heavy (non-hydrogen) atoms. The molecule has 0 heterocycles. The molecule has 2 aliphatic rings. The van der Waals surface area contributed by atoms with Crippen molar-refractivity contribution in [2.45, 2.75) is 25.7 Å². The van der Waals surface area contributed by atoms with E-state index < -0.39 is 0 Å². The van der Waals surface area contributed by atoms with Gasteiger partial charge in [-0.25, -0.2) is 0 Å². The Morgan fingerprint density at radius 1 is 0.586 bits per heavy atom. The Morgan fingerprint density at radius 3 is 1.45 bits per heavy atom. The molecule has 0 saturated carbocycles. The first kappa shape index (κ1) is 18.2. The summed E-state index contributed by atoms with van der Waals surface area (Å²) in [6.07, 6.45) is 4.47. The van der Waals surface area contributed by atoms with Gasteiger partial charge in [0, 0.05) is 22.1 Å². The lowest BCUT2D eigenvalue weighted by Crippen LogP contribution is -2.20. The molecular formula is C25H22BrN3. The maximum absolute atomic E-state index is 8.54. The molecule has 0 amide bonds. The van der Waals surface area contributed by atoms with Gasteiger partial charge in [-0.2, -0.15) is 0 Å². The Morgan fingerprint density at radius 2 is 1.00 bits per heavy atom. The zero-order valence-electron chi connectivity index (χ0n) is 16.0. The smallest absolute Gasteiger partial charge is 0.197 e. The van der Waals surface area contributed by atoms with E-state index >= 15 is 0 Å². The molecule has 4 aromatic rings. The molecule has 0 fully saturated rings. The van der Waals surface area contributed by atoms with E-state index in [1.54, 1.807) is 0 Å². The van der Waals surface area contributed by atoms with Crippen LogP contribution in [0.3, 0.4) is 0 Å². The lowest BCUT2D eigenvalue weighted by atomic mass is 10.0. The second kappa shape index (κ2) is 6.89. The van der Waals surface area contributed by atoms with Crippen LogP contribution in [0, 0.1) is 5.41 Å². The summed E-state index contributed by atoms with van der Waals surface area (Å²) < 4.78 is 0. The van der Waals surface area contributed by atoms with Crippen molar-refractivity contribution in [2.75, 3.05) is 10.6 Å². The predicted molar refractivity (Wildman–Crippen MR) is 128 cm³/mol. The third-order valence-corrected chi connectivity index (χ3v) is 6.27. The van der Waals surface area contributed by atoms with E-state index in [4.69, 9.17) is 5.41 Å². The van der Waals surface area contributed by atoms with Gasteiger partial charge in [-0.3, -0.25) is 5.41 Å². The molecule has 144 valence electrons. The Balaban J connectivity index is 0.00000181. The van der Waals surface area contributed by atoms with Crippen molar-refractivity contribution < 1.29 is 0 Å². The molecule has 0 unspecified atom stereocenters. The number of halogens is 1. The Labute approximate surface area is 180 Å². The molecule has 4 aromatic carbocycles. The van der Waals surface area contributed by atoms with Gasteiger partial charge in [0.25, 0.3) is 0 Å². The summed E-state index contributed by atoms with van der Waals surface area (Å²) in [5, 5.41) is 20.3. The fraction of sp³-hybridized carbons (Fsp3) is 0.160. The van der Waals surface area contributed by atoms with E-state index in [0.717, 1.165) is 37.1 Å². The van der Waals surface area contributed by atoms with Crippen molar-refractivity contribution in [2.24, 2.45) is 0 Å². The fourth-order valence-corrected chi connectivity index (χ4v) is 5.01. The maximum Gasteiger partial charge on any atom is 0.197 e. The Hall–Kier alpha value is -2.85. The van der Waals surface area contributed by atoms with Crippen LogP contribution in [0.1, 0.15) is 22.3 Å². The van der Waals surface area contributed by atoms with Gasteiger partial charge in [0.2, 0.25) is 0 Å². The van der Waals surface area contributed by atoms with Gasteiger partial charge in [0.1, 0.15) is 0 Å². The highest BCUT2D eigenvalue weighted by Crippen LogP contribution is 2.36. The SMILES string of the molecule is Br.N=C(Nc1ccc2c3c(cccc13)CC2)Nc1ccc2c3c(cccc13)CC2. The summed E-state index contributed by atoms with van der Waals surface area (Å²) in [5.74, 6) is 0.303. The number of rotatable bonds is 2. The van der Waals surface area contributed by atoms with Gasteiger partial charge in [0.05, 0.1) is 0 Å². The number of benzene rings is 4. The van der Waals surface area contributed by atoms with Crippen LogP contribution in [0.5, 0.6) is 0 Å². The summed E-state index contributed by atoms with van der Waals surface area (Å²) in [4.78, 5) is 0. The third kappa shape index (κ3) is 2.82. The molecule has 0 aromatic heterocycles. The van der Waals surface area contributed by atoms with E-state index in [2.05, 4.69) is 71.3 Å². The minimum atomic E-state index is 0. The van der Waals surface area contributed by atoms with E-state index in [9.17, 15) is 0 Å². The molecule has 0 bridgehead atoms. The van der Waals surface area contributed by atoms with Crippen LogP contribution in [0.2, 0.25) is 0 Å². The number of anilines is 2. The van der Waals surface area contributed by atoms with Crippen molar-refractivity contribution in [1.29, 1.82) is 5.41 Å². The molecule has 0 atom stereocenters. The summed E-state index contributed by atoms with van der Waals surface area (Å²) >= 11 is 0. The molecule has 4 heteroatoms. The van der Waals surface area contributed by atoms with Crippen molar-refractivity contribution in [1.82, 2.24) is 0 Å². The molecule has 0 aliphatic heterocycles.